The summed E-state index contributed by atoms with van der Waals surface area (Å²) in [5.74, 6) is 0. The van der Waals surface area contributed by atoms with E-state index in [0.717, 1.165) is 50.3 Å². The number of anilines is 6. The zero-order valence-corrected chi connectivity index (χ0v) is 21.0. The molecule has 0 spiro atoms. The van der Waals surface area contributed by atoms with E-state index in [1.807, 2.05) is 74.8 Å². The van der Waals surface area contributed by atoms with E-state index in [2.05, 4.69) is 38.7 Å². The van der Waals surface area contributed by atoms with Crippen LogP contribution in [0.15, 0.2) is 78.9 Å². The van der Waals surface area contributed by atoms with E-state index in [0.29, 0.717) is 11.4 Å². The van der Waals surface area contributed by atoms with E-state index >= 15 is 0 Å². The zero-order chi connectivity index (χ0) is 24.7. The number of hydrogen-bond donors (Lipinski definition) is 6. The highest BCUT2D eigenvalue weighted by Crippen LogP contribution is 2.39. The van der Waals surface area contributed by atoms with Crippen molar-refractivity contribution in [2.24, 2.45) is 0 Å². The number of halogens is 1. The molecule has 176 valence electrons. The molecule has 0 heterocycles. The van der Waals surface area contributed by atoms with E-state index in [1.54, 1.807) is 6.07 Å². The topological polar surface area (TPSA) is 128 Å². The summed E-state index contributed by atoms with van der Waals surface area (Å²) < 4.78 is 0. The van der Waals surface area contributed by atoms with Crippen LogP contribution in [0.1, 0.15) is 5.56 Å². The molecule has 0 aliphatic heterocycles. The fraction of sp³-hybridized carbons (Fsp3) is 0.111. The summed E-state index contributed by atoms with van der Waals surface area (Å²) in [5, 5.41) is 7.16. The molecule has 0 radical (unpaired) electrons. The molecular weight excluding hydrogens is 488 g/mol. The predicted octanol–water partition coefficient (Wildman–Crippen LogP) is 6.01. The minimum absolute atomic E-state index is 0.701. The van der Waals surface area contributed by atoms with Gasteiger partial charge in [0.1, 0.15) is 0 Å². The van der Waals surface area contributed by atoms with Gasteiger partial charge in [-0.3, -0.25) is 0 Å². The maximum absolute atomic E-state index is 6.06. The highest BCUT2D eigenvalue weighted by atomic mass is 79.9. The van der Waals surface area contributed by atoms with E-state index in [1.165, 1.54) is 5.56 Å². The summed E-state index contributed by atoms with van der Waals surface area (Å²) in [4.78, 5) is 0. The van der Waals surface area contributed by atoms with Crippen LogP contribution in [-0.4, -0.2) is 14.1 Å². The highest BCUT2D eigenvalue weighted by Gasteiger charge is 2.12. The van der Waals surface area contributed by atoms with Crippen LogP contribution in [0.4, 0.5) is 34.1 Å². The molecule has 0 unspecified atom stereocenters. The molecule has 0 bridgehead atoms. The summed E-state index contributed by atoms with van der Waals surface area (Å²) in [6.07, 6.45) is 0. The van der Waals surface area contributed by atoms with Crippen molar-refractivity contribution < 1.29 is 0 Å². The van der Waals surface area contributed by atoms with Gasteiger partial charge in [0.2, 0.25) is 0 Å². The normalized spacial score (nSPS) is 10.2. The summed E-state index contributed by atoms with van der Waals surface area (Å²) in [5.41, 5.74) is 33.9. The van der Waals surface area contributed by atoms with Crippen LogP contribution < -0.4 is 33.6 Å². The molecule has 34 heavy (non-hydrogen) atoms. The summed E-state index contributed by atoms with van der Waals surface area (Å²) in [7, 11) is 3.78. The van der Waals surface area contributed by atoms with Crippen molar-refractivity contribution in [2.75, 3.05) is 47.7 Å². The van der Waals surface area contributed by atoms with E-state index in [4.69, 9.17) is 22.9 Å². The Bertz CT molecular complexity index is 1250. The molecule has 0 amide bonds. The maximum atomic E-state index is 6.06. The molecule has 4 aromatic carbocycles. The van der Waals surface area contributed by atoms with Gasteiger partial charge in [0, 0.05) is 70.2 Å². The Hall–Kier alpha value is -3.84. The van der Waals surface area contributed by atoms with Crippen LogP contribution in [-0.2, 0) is 5.33 Å². The molecule has 0 saturated heterocycles. The second-order valence-corrected chi connectivity index (χ2v) is 8.27. The molecule has 4 rings (SSSR count). The van der Waals surface area contributed by atoms with Gasteiger partial charge >= 0.3 is 0 Å². The first kappa shape index (κ1) is 24.8. The molecule has 6 nitrogen and oxygen atoms in total. The van der Waals surface area contributed by atoms with Crippen molar-refractivity contribution in [3.8, 4) is 22.3 Å². The molecule has 4 aromatic rings. The van der Waals surface area contributed by atoms with Gasteiger partial charge in [0.15, 0.2) is 0 Å². The number of nitrogens with two attached hydrogens (primary N) is 4. The second-order valence-electron chi connectivity index (χ2n) is 7.71. The predicted molar refractivity (Wildman–Crippen MR) is 153 cm³/mol. The first-order valence-electron chi connectivity index (χ1n) is 10.8. The van der Waals surface area contributed by atoms with Crippen molar-refractivity contribution in [2.45, 2.75) is 5.33 Å². The molecule has 0 saturated carbocycles. The Morgan fingerprint density at radius 3 is 1.71 bits per heavy atom. The average Bonchev–Trinajstić information content (AvgIpc) is 2.86. The van der Waals surface area contributed by atoms with Crippen LogP contribution in [0.25, 0.3) is 22.3 Å². The average molecular weight is 519 g/mol. The minimum atomic E-state index is 0.701. The van der Waals surface area contributed by atoms with Crippen molar-refractivity contribution in [1.29, 1.82) is 0 Å². The second kappa shape index (κ2) is 11.3. The standard InChI is InChI=1S/C14H18N4.C13H13BrN2/c1-17-12-4-3-5-13(18-2)14(12)10-8-9(15)6-7-11(10)16;14-8-9-3-1-2-4-11(9)12-7-10(15)5-6-13(12)16/h3-8,17-18H,15-16H2,1-2H3;1-7H,8,15-16H2. The van der Waals surface area contributed by atoms with E-state index in [9.17, 15) is 0 Å². The molecule has 10 N–H and O–H groups in total. The quantitative estimate of drug-likeness (QED) is 0.141. The summed E-state index contributed by atoms with van der Waals surface area (Å²) in [6.45, 7) is 0. The third-order valence-corrected chi connectivity index (χ3v) is 6.08. The lowest BCUT2D eigenvalue weighted by molar-refractivity contribution is 1.43. The highest BCUT2D eigenvalue weighted by molar-refractivity contribution is 9.08. The first-order chi connectivity index (χ1) is 16.4. The molecule has 0 atom stereocenters. The molecule has 7 heteroatoms. The Balaban J connectivity index is 0.000000192. The molecular formula is C27H31BrN6. The Morgan fingerprint density at radius 1 is 0.618 bits per heavy atom. The fourth-order valence-corrected chi connectivity index (χ4v) is 4.25. The number of nitrogens with one attached hydrogen (secondary N) is 2. The van der Waals surface area contributed by atoms with E-state index in [-0.39, 0.29) is 0 Å². The Kier molecular flexibility index (Phi) is 8.27. The number of hydrogen-bond acceptors (Lipinski definition) is 6. The minimum Gasteiger partial charge on any atom is -0.399 e. The van der Waals surface area contributed by atoms with Gasteiger partial charge in [-0.25, -0.2) is 0 Å². The van der Waals surface area contributed by atoms with Gasteiger partial charge in [-0.05, 0) is 59.7 Å². The van der Waals surface area contributed by atoms with Crippen molar-refractivity contribution in [1.82, 2.24) is 0 Å². The number of benzene rings is 4. The molecule has 0 aliphatic rings. The van der Waals surface area contributed by atoms with Crippen LogP contribution in [0.3, 0.4) is 0 Å². The molecule has 0 aromatic heterocycles. The maximum Gasteiger partial charge on any atom is 0.0439 e. The third-order valence-electron chi connectivity index (χ3n) is 5.48. The van der Waals surface area contributed by atoms with Gasteiger partial charge in [-0.15, -0.1) is 0 Å². The third kappa shape index (κ3) is 5.55. The lowest BCUT2D eigenvalue weighted by Crippen LogP contribution is -2.00. The zero-order valence-electron chi connectivity index (χ0n) is 19.4. The molecule has 0 fully saturated rings. The fourth-order valence-electron chi connectivity index (χ4n) is 3.76. The van der Waals surface area contributed by atoms with Gasteiger partial charge < -0.3 is 33.6 Å². The lowest BCUT2D eigenvalue weighted by Gasteiger charge is -2.16. The van der Waals surface area contributed by atoms with Crippen molar-refractivity contribution in [3.05, 3.63) is 84.4 Å². The monoisotopic (exact) mass is 518 g/mol. The van der Waals surface area contributed by atoms with Crippen LogP contribution in [0, 0.1) is 0 Å². The van der Waals surface area contributed by atoms with Gasteiger partial charge in [0.25, 0.3) is 0 Å². The number of rotatable bonds is 5. The van der Waals surface area contributed by atoms with Crippen LogP contribution >= 0.6 is 15.9 Å². The smallest absolute Gasteiger partial charge is 0.0439 e. The van der Waals surface area contributed by atoms with Crippen LogP contribution in [0.2, 0.25) is 0 Å². The summed E-state index contributed by atoms with van der Waals surface area (Å²) in [6, 6.07) is 25.3. The van der Waals surface area contributed by atoms with Crippen molar-refractivity contribution >= 4 is 50.1 Å². The van der Waals surface area contributed by atoms with E-state index < -0.39 is 0 Å². The van der Waals surface area contributed by atoms with Gasteiger partial charge in [0.05, 0.1) is 0 Å². The number of nitrogen functional groups attached to an aromatic ring is 4. The summed E-state index contributed by atoms with van der Waals surface area (Å²) >= 11 is 3.48. The SMILES string of the molecule is CNc1cccc(NC)c1-c1cc(N)ccc1N.Nc1ccc(N)c(-c2ccccc2CBr)c1. The van der Waals surface area contributed by atoms with Gasteiger partial charge in [-0.2, -0.15) is 0 Å². The van der Waals surface area contributed by atoms with Crippen molar-refractivity contribution in [3.63, 3.8) is 0 Å². The van der Waals surface area contributed by atoms with Crippen LogP contribution in [0.5, 0.6) is 0 Å². The largest absolute Gasteiger partial charge is 0.399 e. The lowest BCUT2D eigenvalue weighted by atomic mass is 9.99. The number of alkyl halides is 1. The molecule has 0 aliphatic carbocycles. The Labute approximate surface area is 209 Å². The first-order valence-corrected chi connectivity index (χ1v) is 11.9. The Morgan fingerprint density at radius 2 is 1.15 bits per heavy atom. The van der Waals surface area contributed by atoms with Gasteiger partial charge in [-0.1, -0.05) is 46.3 Å².